The number of nitrogens with one attached hydrogen (secondary N) is 2. The summed E-state index contributed by atoms with van der Waals surface area (Å²) in [5.41, 5.74) is 5.19. The van der Waals surface area contributed by atoms with E-state index in [1.807, 2.05) is 0 Å². The predicted octanol–water partition coefficient (Wildman–Crippen LogP) is 1.49. The molecule has 0 saturated heterocycles. The second kappa shape index (κ2) is 10.0. The number of hydrogen-bond acceptors (Lipinski definition) is 8. The molecule has 0 radical (unpaired) electrons. The third-order valence-corrected chi connectivity index (χ3v) is 3.33. The van der Waals surface area contributed by atoms with E-state index in [2.05, 4.69) is 21.1 Å². The van der Waals surface area contributed by atoms with Crippen LogP contribution in [0.5, 0.6) is 0 Å². The summed E-state index contributed by atoms with van der Waals surface area (Å²) >= 11 is 0. The van der Waals surface area contributed by atoms with Crippen LogP contribution in [-0.2, 0) is 9.59 Å². The summed E-state index contributed by atoms with van der Waals surface area (Å²) < 4.78 is 0. The van der Waals surface area contributed by atoms with Gasteiger partial charge in [-0.15, -0.1) is 0 Å². The van der Waals surface area contributed by atoms with Gasteiger partial charge in [0.15, 0.2) is 0 Å². The zero-order chi connectivity index (χ0) is 21.2. The maximum absolute atomic E-state index is 11.6. The van der Waals surface area contributed by atoms with Gasteiger partial charge in [-0.05, 0) is 35.4 Å². The first kappa shape index (κ1) is 20.8. The Morgan fingerprint density at radius 3 is 1.41 bits per heavy atom. The van der Waals surface area contributed by atoms with Crippen LogP contribution in [0.3, 0.4) is 0 Å². The van der Waals surface area contributed by atoms with Crippen LogP contribution in [-0.4, -0.2) is 34.1 Å². The number of amides is 2. The van der Waals surface area contributed by atoms with Crippen LogP contribution in [0, 0.1) is 20.2 Å². The van der Waals surface area contributed by atoms with Crippen molar-refractivity contribution in [1.29, 1.82) is 0 Å². The molecule has 2 aromatic rings. The molecule has 0 aromatic heterocycles. The van der Waals surface area contributed by atoms with Gasteiger partial charge >= 0.3 is 0 Å². The van der Waals surface area contributed by atoms with E-state index in [-0.39, 0.29) is 11.4 Å². The van der Waals surface area contributed by atoms with Crippen molar-refractivity contribution in [3.63, 3.8) is 0 Å². The van der Waals surface area contributed by atoms with Gasteiger partial charge in [-0.2, -0.15) is 10.2 Å². The number of rotatable bonds is 8. The minimum Gasteiger partial charge on any atom is -0.273 e. The normalized spacial score (nSPS) is 10.8. The van der Waals surface area contributed by atoms with Crippen molar-refractivity contribution in [2.75, 3.05) is 0 Å². The van der Waals surface area contributed by atoms with E-state index in [0.29, 0.717) is 11.1 Å². The van der Waals surface area contributed by atoms with E-state index in [4.69, 9.17) is 0 Å². The molecule has 0 aliphatic carbocycles. The molecule has 12 heteroatoms. The quantitative estimate of drug-likeness (QED) is 0.295. The number of benzene rings is 2. The van der Waals surface area contributed by atoms with E-state index in [1.165, 1.54) is 61.0 Å². The van der Waals surface area contributed by atoms with E-state index in [0.717, 1.165) is 0 Å². The van der Waals surface area contributed by atoms with Gasteiger partial charge in [0.1, 0.15) is 6.42 Å². The molecule has 0 spiro atoms. The number of carbonyl (C=O) groups is 2. The average molecular weight is 398 g/mol. The average Bonchev–Trinajstić information content (AvgIpc) is 2.68. The SMILES string of the molecule is O=C(CC(=O)NN=Cc1ccc([N+](=O)[O-])cc1)NN=Cc1ccc([N+](=O)[O-])cc1. The highest BCUT2D eigenvalue weighted by atomic mass is 16.6. The highest BCUT2D eigenvalue weighted by Crippen LogP contribution is 2.11. The monoisotopic (exact) mass is 398 g/mol. The molecule has 0 bridgehead atoms. The lowest BCUT2D eigenvalue weighted by Gasteiger charge is -1.99. The molecular weight excluding hydrogens is 384 g/mol. The van der Waals surface area contributed by atoms with Crippen LogP contribution < -0.4 is 10.9 Å². The summed E-state index contributed by atoms with van der Waals surface area (Å²) in [7, 11) is 0. The largest absolute Gasteiger partial charge is 0.273 e. The Bertz CT molecular complexity index is 889. The molecule has 2 N–H and O–H groups in total. The molecule has 0 aliphatic heterocycles. The Morgan fingerprint density at radius 2 is 1.10 bits per heavy atom. The Kier molecular flexibility index (Phi) is 7.19. The summed E-state index contributed by atoms with van der Waals surface area (Å²) in [6.07, 6.45) is 2.01. The first-order chi connectivity index (χ1) is 13.8. The number of nitrogens with zero attached hydrogens (tertiary/aromatic N) is 4. The van der Waals surface area contributed by atoms with Gasteiger partial charge in [0.2, 0.25) is 11.8 Å². The van der Waals surface area contributed by atoms with Crippen molar-refractivity contribution in [3.8, 4) is 0 Å². The maximum Gasteiger partial charge on any atom is 0.269 e. The van der Waals surface area contributed by atoms with Gasteiger partial charge in [-0.3, -0.25) is 29.8 Å². The molecule has 0 aliphatic rings. The van der Waals surface area contributed by atoms with E-state index in [9.17, 15) is 29.8 Å². The van der Waals surface area contributed by atoms with Crippen LogP contribution in [0.15, 0.2) is 58.7 Å². The van der Waals surface area contributed by atoms with Crippen molar-refractivity contribution in [1.82, 2.24) is 10.9 Å². The zero-order valence-electron chi connectivity index (χ0n) is 14.7. The van der Waals surface area contributed by atoms with Crippen molar-refractivity contribution in [3.05, 3.63) is 79.9 Å². The van der Waals surface area contributed by atoms with Gasteiger partial charge in [0, 0.05) is 24.3 Å². The van der Waals surface area contributed by atoms with Gasteiger partial charge in [0.25, 0.3) is 11.4 Å². The third-order valence-electron chi connectivity index (χ3n) is 3.33. The smallest absolute Gasteiger partial charge is 0.269 e. The second-order valence-electron chi connectivity index (χ2n) is 5.46. The molecular formula is C17H14N6O6. The van der Waals surface area contributed by atoms with Crippen molar-refractivity contribution < 1.29 is 19.4 Å². The van der Waals surface area contributed by atoms with Crippen molar-refractivity contribution in [2.45, 2.75) is 6.42 Å². The van der Waals surface area contributed by atoms with Crippen molar-refractivity contribution in [2.24, 2.45) is 10.2 Å². The zero-order valence-corrected chi connectivity index (χ0v) is 14.7. The standard InChI is InChI=1S/C17H14N6O6/c24-16(20-18-10-12-1-5-14(6-2-12)22(26)27)9-17(25)21-19-11-13-3-7-15(8-4-13)23(28)29/h1-8,10-11H,9H2,(H,20,24)(H,21,25). The van der Waals surface area contributed by atoms with Crippen LogP contribution in [0.25, 0.3) is 0 Å². The number of hydrazone groups is 2. The number of nitro groups is 2. The minimum atomic E-state index is -0.689. The molecule has 12 nitrogen and oxygen atoms in total. The van der Waals surface area contributed by atoms with E-state index >= 15 is 0 Å². The van der Waals surface area contributed by atoms with E-state index < -0.39 is 28.1 Å². The van der Waals surface area contributed by atoms with Gasteiger partial charge in [-0.1, -0.05) is 0 Å². The minimum absolute atomic E-state index is 0.0721. The lowest BCUT2D eigenvalue weighted by atomic mass is 10.2. The Hall–Kier alpha value is -4.48. The Morgan fingerprint density at radius 1 is 0.759 bits per heavy atom. The first-order valence-electron chi connectivity index (χ1n) is 7.98. The lowest BCUT2D eigenvalue weighted by molar-refractivity contribution is -0.385. The highest BCUT2D eigenvalue weighted by Gasteiger charge is 2.08. The third kappa shape index (κ3) is 6.97. The molecule has 0 fully saturated rings. The van der Waals surface area contributed by atoms with Crippen molar-refractivity contribution >= 4 is 35.6 Å². The molecule has 2 rings (SSSR count). The number of nitro benzene ring substituents is 2. The molecule has 2 amide bonds. The fraction of sp³-hybridized carbons (Fsp3) is 0.0588. The topological polar surface area (TPSA) is 169 Å². The lowest BCUT2D eigenvalue weighted by Crippen LogP contribution is -2.27. The summed E-state index contributed by atoms with van der Waals surface area (Å²) in [6.45, 7) is 0. The summed E-state index contributed by atoms with van der Waals surface area (Å²) in [6, 6.07) is 11.0. The molecule has 2 aromatic carbocycles. The number of hydrogen-bond donors (Lipinski definition) is 2. The number of non-ortho nitro benzene ring substituents is 2. The van der Waals surface area contributed by atoms with Crippen LogP contribution in [0.4, 0.5) is 11.4 Å². The summed E-state index contributed by atoms with van der Waals surface area (Å²) in [4.78, 5) is 43.3. The Labute approximate surface area is 163 Å². The molecule has 0 saturated carbocycles. The van der Waals surface area contributed by atoms with Gasteiger partial charge < -0.3 is 0 Å². The maximum atomic E-state index is 11.6. The molecule has 148 valence electrons. The first-order valence-corrected chi connectivity index (χ1v) is 7.98. The van der Waals surface area contributed by atoms with Crippen LogP contribution in [0.1, 0.15) is 17.5 Å². The number of carbonyl (C=O) groups excluding carboxylic acids is 2. The van der Waals surface area contributed by atoms with Crippen LogP contribution in [0.2, 0.25) is 0 Å². The fourth-order valence-corrected chi connectivity index (χ4v) is 1.95. The molecule has 29 heavy (non-hydrogen) atoms. The molecule has 0 unspecified atom stereocenters. The second-order valence-corrected chi connectivity index (χ2v) is 5.46. The highest BCUT2D eigenvalue weighted by molar-refractivity contribution is 5.97. The van der Waals surface area contributed by atoms with Crippen LogP contribution >= 0.6 is 0 Å². The van der Waals surface area contributed by atoms with E-state index in [1.54, 1.807) is 0 Å². The van der Waals surface area contributed by atoms with Gasteiger partial charge in [-0.25, -0.2) is 10.9 Å². The Balaban J connectivity index is 1.76. The molecule has 0 atom stereocenters. The fourth-order valence-electron chi connectivity index (χ4n) is 1.95. The summed E-state index contributed by atoms with van der Waals surface area (Å²) in [5, 5.41) is 28.4. The predicted molar refractivity (Wildman–Crippen MR) is 102 cm³/mol. The molecule has 0 heterocycles. The summed E-state index contributed by atoms with van der Waals surface area (Å²) in [5.74, 6) is -1.38. The van der Waals surface area contributed by atoms with Gasteiger partial charge in [0.05, 0.1) is 22.3 Å².